The minimum atomic E-state index is 0.0696. The SMILES string of the molecule is Cc1nn(C)c(C)c1[C@H]1OCC[C@@H]1NCc1cn(CC2CC2)nn1. The van der Waals surface area contributed by atoms with Crippen LogP contribution in [0.25, 0.3) is 0 Å². The van der Waals surface area contributed by atoms with Gasteiger partial charge in [-0.1, -0.05) is 5.21 Å². The molecule has 0 bridgehead atoms. The van der Waals surface area contributed by atoms with Gasteiger partial charge in [0.25, 0.3) is 0 Å². The molecule has 2 aromatic rings. The fourth-order valence-corrected chi connectivity index (χ4v) is 3.59. The Labute approximate surface area is 142 Å². The molecule has 2 aromatic heterocycles. The Morgan fingerprint density at radius 3 is 2.83 bits per heavy atom. The summed E-state index contributed by atoms with van der Waals surface area (Å²) >= 11 is 0. The number of ether oxygens (including phenoxy) is 1. The van der Waals surface area contributed by atoms with Crippen molar-refractivity contribution >= 4 is 0 Å². The van der Waals surface area contributed by atoms with Gasteiger partial charge in [0.1, 0.15) is 6.10 Å². The number of rotatable bonds is 6. The molecule has 1 saturated heterocycles. The Balaban J connectivity index is 1.40. The van der Waals surface area contributed by atoms with Crippen LogP contribution in [0, 0.1) is 19.8 Å². The lowest BCUT2D eigenvalue weighted by molar-refractivity contribution is 0.0973. The molecule has 2 aliphatic rings. The number of nitrogens with zero attached hydrogens (tertiary/aromatic N) is 5. The van der Waals surface area contributed by atoms with E-state index in [1.165, 1.54) is 24.1 Å². The van der Waals surface area contributed by atoms with E-state index in [9.17, 15) is 0 Å². The smallest absolute Gasteiger partial charge is 0.101 e. The third-order valence-electron chi connectivity index (χ3n) is 5.21. The van der Waals surface area contributed by atoms with Crippen LogP contribution >= 0.6 is 0 Å². The summed E-state index contributed by atoms with van der Waals surface area (Å²) in [4.78, 5) is 0. The average molecular weight is 330 g/mol. The first-order valence-corrected chi connectivity index (χ1v) is 8.86. The summed E-state index contributed by atoms with van der Waals surface area (Å²) in [5.74, 6) is 0.816. The van der Waals surface area contributed by atoms with Crippen LogP contribution < -0.4 is 5.32 Å². The van der Waals surface area contributed by atoms with E-state index in [1.807, 2.05) is 16.4 Å². The topological polar surface area (TPSA) is 69.8 Å². The molecule has 0 radical (unpaired) electrons. The molecule has 2 fully saturated rings. The van der Waals surface area contributed by atoms with Gasteiger partial charge in [0.15, 0.2) is 0 Å². The highest BCUT2D eigenvalue weighted by atomic mass is 16.5. The van der Waals surface area contributed by atoms with E-state index in [4.69, 9.17) is 4.74 Å². The van der Waals surface area contributed by atoms with E-state index >= 15 is 0 Å². The van der Waals surface area contributed by atoms with Crippen molar-refractivity contribution in [2.45, 2.75) is 58.3 Å². The number of hydrogen-bond donors (Lipinski definition) is 1. The molecule has 0 aromatic carbocycles. The molecule has 1 aliphatic carbocycles. The maximum absolute atomic E-state index is 6.02. The number of aryl methyl sites for hydroxylation is 2. The van der Waals surface area contributed by atoms with E-state index in [-0.39, 0.29) is 6.10 Å². The molecule has 4 rings (SSSR count). The van der Waals surface area contributed by atoms with Crippen molar-refractivity contribution < 1.29 is 4.74 Å². The summed E-state index contributed by atoms with van der Waals surface area (Å²) < 4.78 is 9.94. The Hall–Kier alpha value is -1.73. The molecule has 130 valence electrons. The monoisotopic (exact) mass is 330 g/mol. The second kappa shape index (κ2) is 6.29. The summed E-state index contributed by atoms with van der Waals surface area (Å²) in [5, 5.41) is 16.7. The number of nitrogens with one attached hydrogen (secondary N) is 1. The van der Waals surface area contributed by atoms with Gasteiger partial charge in [0, 0.05) is 50.2 Å². The van der Waals surface area contributed by atoms with Crippen LogP contribution in [0.2, 0.25) is 0 Å². The zero-order valence-corrected chi connectivity index (χ0v) is 14.7. The first-order valence-electron chi connectivity index (χ1n) is 8.86. The molecular weight excluding hydrogens is 304 g/mol. The van der Waals surface area contributed by atoms with E-state index in [1.54, 1.807) is 0 Å². The molecule has 7 heteroatoms. The molecule has 7 nitrogen and oxygen atoms in total. The lowest BCUT2D eigenvalue weighted by atomic mass is 10.0. The van der Waals surface area contributed by atoms with Gasteiger partial charge in [-0.25, -0.2) is 0 Å². The normalized spacial score (nSPS) is 24.0. The Morgan fingerprint density at radius 2 is 2.12 bits per heavy atom. The van der Waals surface area contributed by atoms with Gasteiger partial charge in [0.05, 0.1) is 11.4 Å². The highest BCUT2D eigenvalue weighted by molar-refractivity contribution is 5.29. The Kier molecular flexibility index (Phi) is 4.14. The largest absolute Gasteiger partial charge is 0.372 e. The van der Waals surface area contributed by atoms with Crippen LogP contribution in [0.4, 0.5) is 0 Å². The summed E-state index contributed by atoms with van der Waals surface area (Å²) in [6.45, 7) is 6.69. The Bertz CT molecular complexity index is 717. The van der Waals surface area contributed by atoms with Crippen molar-refractivity contribution in [2.75, 3.05) is 6.61 Å². The third-order valence-corrected chi connectivity index (χ3v) is 5.21. The van der Waals surface area contributed by atoms with Gasteiger partial charge in [-0.2, -0.15) is 5.10 Å². The molecule has 2 atom stereocenters. The van der Waals surface area contributed by atoms with Crippen LogP contribution in [0.3, 0.4) is 0 Å². The summed E-state index contributed by atoms with van der Waals surface area (Å²) in [7, 11) is 1.99. The second-order valence-electron chi connectivity index (χ2n) is 7.15. The van der Waals surface area contributed by atoms with Gasteiger partial charge in [-0.15, -0.1) is 5.10 Å². The summed E-state index contributed by atoms with van der Waals surface area (Å²) in [5.41, 5.74) is 4.47. The molecule has 1 saturated carbocycles. The summed E-state index contributed by atoms with van der Waals surface area (Å²) in [6, 6.07) is 0.292. The maximum Gasteiger partial charge on any atom is 0.101 e. The van der Waals surface area contributed by atoms with Gasteiger partial charge >= 0.3 is 0 Å². The zero-order chi connectivity index (χ0) is 16.7. The van der Waals surface area contributed by atoms with Gasteiger partial charge in [-0.3, -0.25) is 9.36 Å². The molecule has 0 amide bonds. The summed E-state index contributed by atoms with van der Waals surface area (Å²) in [6.07, 6.45) is 5.81. The van der Waals surface area contributed by atoms with Crippen LogP contribution in [-0.4, -0.2) is 37.4 Å². The van der Waals surface area contributed by atoms with Crippen molar-refractivity contribution in [3.8, 4) is 0 Å². The molecule has 3 heterocycles. The Morgan fingerprint density at radius 1 is 1.29 bits per heavy atom. The van der Waals surface area contributed by atoms with Crippen LogP contribution in [0.5, 0.6) is 0 Å². The maximum atomic E-state index is 6.02. The van der Waals surface area contributed by atoms with E-state index in [0.717, 1.165) is 43.4 Å². The van der Waals surface area contributed by atoms with Gasteiger partial charge < -0.3 is 10.1 Å². The highest BCUT2D eigenvalue weighted by Gasteiger charge is 2.33. The van der Waals surface area contributed by atoms with Crippen molar-refractivity contribution in [1.29, 1.82) is 0 Å². The van der Waals surface area contributed by atoms with E-state index in [2.05, 4.69) is 40.8 Å². The molecule has 0 unspecified atom stereocenters. The number of hydrogen-bond acceptors (Lipinski definition) is 5. The number of aromatic nitrogens is 5. The first-order chi connectivity index (χ1) is 11.6. The molecule has 0 spiro atoms. The lowest BCUT2D eigenvalue weighted by Gasteiger charge is -2.20. The molecular formula is C17H26N6O. The highest BCUT2D eigenvalue weighted by Crippen LogP contribution is 2.33. The average Bonchev–Trinajstić information content (AvgIpc) is 2.96. The van der Waals surface area contributed by atoms with Crippen molar-refractivity contribution in [3.63, 3.8) is 0 Å². The van der Waals surface area contributed by atoms with E-state index in [0.29, 0.717) is 6.04 Å². The van der Waals surface area contributed by atoms with Crippen molar-refractivity contribution in [1.82, 2.24) is 30.1 Å². The predicted molar refractivity (Wildman–Crippen MR) is 89.4 cm³/mol. The molecule has 24 heavy (non-hydrogen) atoms. The predicted octanol–water partition coefficient (Wildman–Crippen LogP) is 1.66. The van der Waals surface area contributed by atoms with Crippen molar-refractivity contribution in [3.05, 3.63) is 28.8 Å². The molecule has 1 aliphatic heterocycles. The molecule has 1 N–H and O–H groups in total. The lowest BCUT2D eigenvalue weighted by Crippen LogP contribution is -2.31. The zero-order valence-electron chi connectivity index (χ0n) is 14.7. The minimum absolute atomic E-state index is 0.0696. The second-order valence-corrected chi connectivity index (χ2v) is 7.15. The van der Waals surface area contributed by atoms with Gasteiger partial charge in [-0.05, 0) is 39.0 Å². The minimum Gasteiger partial charge on any atom is -0.372 e. The van der Waals surface area contributed by atoms with Crippen molar-refractivity contribution in [2.24, 2.45) is 13.0 Å². The fourth-order valence-electron chi connectivity index (χ4n) is 3.59. The van der Waals surface area contributed by atoms with Crippen LogP contribution in [0.1, 0.15) is 48.0 Å². The van der Waals surface area contributed by atoms with Crippen LogP contribution in [-0.2, 0) is 24.9 Å². The standard InChI is InChI=1S/C17H26N6O/c1-11-16(12(2)22(3)20-11)17-15(6-7-24-17)18-8-14-10-23(21-19-14)9-13-4-5-13/h10,13,15,17-18H,4-9H2,1-3H3/t15-,17-/m0/s1. The van der Waals surface area contributed by atoms with Crippen LogP contribution in [0.15, 0.2) is 6.20 Å². The quantitative estimate of drug-likeness (QED) is 0.872. The fraction of sp³-hybridized carbons (Fsp3) is 0.706. The first kappa shape index (κ1) is 15.8. The van der Waals surface area contributed by atoms with Gasteiger partial charge in [0.2, 0.25) is 0 Å². The third kappa shape index (κ3) is 3.10. The van der Waals surface area contributed by atoms with E-state index < -0.39 is 0 Å².